The van der Waals surface area contributed by atoms with E-state index in [1.165, 1.54) is 0 Å². The van der Waals surface area contributed by atoms with Crippen LogP contribution in [0.2, 0.25) is 5.02 Å². The van der Waals surface area contributed by atoms with E-state index >= 15 is 0 Å². The highest BCUT2D eigenvalue weighted by Crippen LogP contribution is 2.33. The number of nitrogens with one attached hydrogen (secondary N) is 1. The quantitative estimate of drug-likeness (QED) is 0.389. The highest BCUT2D eigenvalue weighted by Gasteiger charge is 2.18. The molecule has 0 radical (unpaired) electrons. The fraction of sp³-hybridized carbons (Fsp3) is 0.0417. The van der Waals surface area contributed by atoms with Gasteiger partial charge in [-0.2, -0.15) is 5.10 Å². The van der Waals surface area contributed by atoms with Crippen LogP contribution in [0.3, 0.4) is 0 Å². The Bertz CT molecular complexity index is 1300. The topological polar surface area (TPSA) is 55.6 Å². The van der Waals surface area contributed by atoms with E-state index in [0.717, 1.165) is 33.5 Å². The first-order chi connectivity index (χ1) is 14.8. The van der Waals surface area contributed by atoms with Crippen LogP contribution in [0.5, 0.6) is 0 Å². The summed E-state index contributed by atoms with van der Waals surface area (Å²) >= 11 is 6.16. The summed E-state index contributed by atoms with van der Waals surface area (Å²) < 4.78 is 1.93. The first-order valence-electron chi connectivity index (χ1n) is 9.61. The zero-order valence-corrected chi connectivity index (χ0v) is 16.8. The van der Waals surface area contributed by atoms with Gasteiger partial charge in [-0.1, -0.05) is 78.3 Å². The molecule has 0 fully saturated rings. The van der Waals surface area contributed by atoms with Crippen LogP contribution in [0, 0.1) is 0 Å². The molecule has 146 valence electrons. The summed E-state index contributed by atoms with van der Waals surface area (Å²) in [5, 5.41) is 9.84. The number of fused-ring (bicyclic) bond motifs is 1. The van der Waals surface area contributed by atoms with Gasteiger partial charge in [0.1, 0.15) is 17.8 Å². The van der Waals surface area contributed by atoms with Crippen LogP contribution in [0.4, 0.5) is 11.5 Å². The smallest absolute Gasteiger partial charge is 0.164 e. The summed E-state index contributed by atoms with van der Waals surface area (Å²) in [6.07, 6.45) is 1.56. The number of hydrogen-bond donors (Lipinski definition) is 1. The summed E-state index contributed by atoms with van der Waals surface area (Å²) in [5.74, 6) is 0.695. The summed E-state index contributed by atoms with van der Waals surface area (Å²) in [5.41, 5.74) is 4.64. The van der Waals surface area contributed by atoms with E-state index in [4.69, 9.17) is 16.7 Å². The van der Waals surface area contributed by atoms with Gasteiger partial charge in [0.15, 0.2) is 5.65 Å². The third kappa shape index (κ3) is 3.63. The summed E-state index contributed by atoms with van der Waals surface area (Å²) in [6, 6.07) is 27.9. The van der Waals surface area contributed by atoms with Gasteiger partial charge in [0.25, 0.3) is 0 Å². The van der Waals surface area contributed by atoms with Crippen molar-refractivity contribution in [1.82, 2.24) is 19.7 Å². The molecule has 5 nitrogen and oxygen atoms in total. The number of rotatable bonds is 5. The number of benzene rings is 3. The molecule has 0 unspecified atom stereocenters. The van der Waals surface area contributed by atoms with Crippen molar-refractivity contribution in [3.8, 4) is 11.3 Å². The molecule has 30 heavy (non-hydrogen) atoms. The van der Waals surface area contributed by atoms with Gasteiger partial charge >= 0.3 is 0 Å². The van der Waals surface area contributed by atoms with Crippen molar-refractivity contribution in [3.63, 3.8) is 0 Å². The minimum Gasteiger partial charge on any atom is -0.339 e. The van der Waals surface area contributed by atoms with Crippen LogP contribution in [0.15, 0.2) is 91.3 Å². The van der Waals surface area contributed by atoms with E-state index in [0.29, 0.717) is 17.4 Å². The van der Waals surface area contributed by atoms with Gasteiger partial charge in [0, 0.05) is 16.3 Å². The van der Waals surface area contributed by atoms with Gasteiger partial charge in [0.2, 0.25) is 0 Å². The highest BCUT2D eigenvalue weighted by atomic mass is 35.5. The normalized spacial score (nSPS) is 11.0. The predicted molar refractivity (Wildman–Crippen MR) is 121 cm³/mol. The Morgan fingerprint density at radius 2 is 1.60 bits per heavy atom. The second-order valence-corrected chi connectivity index (χ2v) is 7.35. The number of anilines is 2. The molecule has 1 N–H and O–H groups in total. The number of hydrogen-bond acceptors (Lipinski definition) is 4. The summed E-state index contributed by atoms with van der Waals surface area (Å²) in [7, 11) is 0. The van der Waals surface area contributed by atoms with Crippen LogP contribution in [-0.2, 0) is 6.54 Å². The summed E-state index contributed by atoms with van der Waals surface area (Å²) in [6.45, 7) is 0.623. The maximum atomic E-state index is 6.16. The third-order valence-corrected chi connectivity index (χ3v) is 5.07. The molecule has 0 bridgehead atoms. The van der Waals surface area contributed by atoms with E-state index in [1.54, 1.807) is 6.33 Å². The van der Waals surface area contributed by atoms with E-state index in [9.17, 15) is 0 Å². The van der Waals surface area contributed by atoms with Crippen LogP contribution >= 0.6 is 11.6 Å². The average molecular weight is 412 g/mol. The van der Waals surface area contributed by atoms with E-state index in [2.05, 4.69) is 27.4 Å². The molecule has 0 aliphatic carbocycles. The zero-order valence-electron chi connectivity index (χ0n) is 16.0. The summed E-state index contributed by atoms with van der Waals surface area (Å²) in [4.78, 5) is 9.09. The van der Waals surface area contributed by atoms with Crippen molar-refractivity contribution >= 4 is 34.1 Å². The van der Waals surface area contributed by atoms with Crippen molar-refractivity contribution < 1.29 is 0 Å². The zero-order chi connectivity index (χ0) is 20.3. The Balaban J connectivity index is 1.67. The molecule has 0 spiro atoms. The Morgan fingerprint density at radius 1 is 0.833 bits per heavy atom. The molecular formula is C24H18ClN5. The molecular weight excluding hydrogens is 394 g/mol. The van der Waals surface area contributed by atoms with Crippen molar-refractivity contribution in [2.75, 3.05) is 5.32 Å². The van der Waals surface area contributed by atoms with Gasteiger partial charge in [-0.15, -0.1) is 0 Å². The molecule has 0 aliphatic rings. The molecule has 2 heterocycles. The molecule has 5 rings (SSSR count). The van der Waals surface area contributed by atoms with E-state index in [1.807, 2.05) is 77.5 Å². The molecule has 0 saturated heterocycles. The second kappa shape index (κ2) is 7.97. The number of aromatic nitrogens is 4. The first kappa shape index (κ1) is 18.3. The minimum absolute atomic E-state index is 0.623. The molecule has 3 aromatic carbocycles. The van der Waals surface area contributed by atoms with Crippen molar-refractivity contribution in [3.05, 3.63) is 102 Å². The van der Waals surface area contributed by atoms with Crippen LogP contribution < -0.4 is 5.32 Å². The monoisotopic (exact) mass is 411 g/mol. The lowest BCUT2D eigenvalue weighted by molar-refractivity contribution is 0.706. The first-order valence-corrected chi connectivity index (χ1v) is 9.99. The molecule has 0 amide bonds. The molecule has 2 aromatic heterocycles. The van der Waals surface area contributed by atoms with Gasteiger partial charge in [-0.25, -0.2) is 14.6 Å². The van der Waals surface area contributed by atoms with Crippen molar-refractivity contribution in [2.45, 2.75) is 6.54 Å². The largest absolute Gasteiger partial charge is 0.339 e. The van der Waals surface area contributed by atoms with Crippen LogP contribution in [0.1, 0.15) is 5.56 Å². The lowest BCUT2D eigenvalue weighted by Crippen LogP contribution is -2.03. The third-order valence-electron chi connectivity index (χ3n) is 4.84. The number of nitrogens with zero attached hydrogens (tertiary/aromatic N) is 4. The SMILES string of the molecule is Clc1cccc(Nc2ncnc3c2c(-c2ccccc2)nn3Cc2ccccc2)c1. The lowest BCUT2D eigenvalue weighted by Gasteiger charge is -2.08. The van der Waals surface area contributed by atoms with Gasteiger partial charge in [-0.3, -0.25) is 0 Å². The Morgan fingerprint density at radius 3 is 2.37 bits per heavy atom. The van der Waals surface area contributed by atoms with Gasteiger partial charge in [-0.05, 0) is 23.8 Å². The fourth-order valence-electron chi connectivity index (χ4n) is 3.47. The molecule has 0 saturated carbocycles. The maximum absolute atomic E-state index is 6.16. The maximum Gasteiger partial charge on any atom is 0.164 e. The number of halogens is 1. The second-order valence-electron chi connectivity index (χ2n) is 6.91. The minimum atomic E-state index is 0.623. The van der Waals surface area contributed by atoms with Crippen molar-refractivity contribution in [1.29, 1.82) is 0 Å². The lowest BCUT2D eigenvalue weighted by atomic mass is 10.1. The molecule has 0 aliphatic heterocycles. The molecule has 5 aromatic rings. The molecule has 0 atom stereocenters. The Labute approximate surface area is 179 Å². The van der Waals surface area contributed by atoms with Crippen LogP contribution in [-0.4, -0.2) is 19.7 Å². The van der Waals surface area contributed by atoms with Crippen molar-refractivity contribution in [2.24, 2.45) is 0 Å². The van der Waals surface area contributed by atoms with Gasteiger partial charge in [0.05, 0.1) is 11.9 Å². The molecule has 6 heteroatoms. The Hall–Kier alpha value is -3.70. The van der Waals surface area contributed by atoms with E-state index < -0.39 is 0 Å². The fourth-order valence-corrected chi connectivity index (χ4v) is 3.66. The average Bonchev–Trinajstić information content (AvgIpc) is 3.15. The Kier molecular flexibility index (Phi) is 4.87. The van der Waals surface area contributed by atoms with Crippen LogP contribution in [0.25, 0.3) is 22.3 Å². The van der Waals surface area contributed by atoms with E-state index in [-0.39, 0.29) is 0 Å². The predicted octanol–water partition coefficient (Wildman–Crippen LogP) is 5.94. The van der Waals surface area contributed by atoms with Gasteiger partial charge < -0.3 is 5.32 Å². The standard InChI is InChI=1S/C24H18ClN5/c25-19-12-7-13-20(14-19)28-23-21-22(18-10-5-2-6-11-18)29-30(24(21)27-16-26-23)15-17-8-3-1-4-9-17/h1-14,16H,15H2,(H,26,27,28). The highest BCUT2D eigenvalue weighted by molar-refractivity contribution is 6.30.